The molecule has 0 amide bonds. The largest absolute Gasteiger partial charge is 0.360 e. The second-order valence-electron chi connectivity index (χ2n) is 3.85. The Hall–Kier alpha value is -1.26. The van der Waals surface area contributed by atoms with Crippen LogP contribution in [-0.4, -0.2) is 15.7 Å². The van der Waals surface area contributed by atoms with Gasteiger partial charge in [0.15, 0.2) is 0 Å². The first kappa shape index (κ1) is 10.9. The molecular formula is C13H12N2S2. The quantitative estimate of drug-likeness (QED) is 0.690. The maximum Gasteiger partial charge on any atom is 0.0940 e. The Morgan fingerprint density at radius 3 is 3.06 bits per heavy atom. The van der Waals surface area contributed by atoms with E-state index in [0.717, 1.165) is 28.4 Å². The van der Waals surface area contributed by atoms with Crippen LogP contribution in [0.25, 0.3) is 22.2 Å². The van der Waals surface area contributed by atoms with Crippen molar-refractivity contribution in [3.63, 3.8) is 0 Å². The van der Waals surface area contributed by atoms with Gasteiger partial charge in [-0.2, -0.15) is 12.6 Å². The molecule has 0 saturated heterocycles. The molecule has 0 bridgehead atoms. The number of thiol groups is 1. The summed E-state index contributed by atoms with van der Waals surface area (Å²) >= 11 is 5.94. The SMILES string of the molecule is SCCc1nc(-c2c[nH]c3ccccc23)cs1. The number of fused-ring (bicyclic) bond motifs is 1. The number of aromatic nitrogens is 2. The minimum Gasteiger partial charge on any atom is -0.360 e. The standard InChI is InChI=1S/C13H12N2S2/c16-6-5-13-15-12(8-17-13)10-7-14-11-4-2-1-3-9(10)11/h1-4,7-8,14,16H,5-6H2. The highest BCUT2D eigenvalue weighted by atomic mass is 32.1. The van der Waals surface area contributed by atoms with Gasteiger partial charge in [0.2, 0.25) is 0 Å². The summed E-state index contributed by atoms with van der Waals surface area (Å²) in [6.45, 7) is 0. The predicted octanol–water partition coefficient (Wildman–Crippen LogP) is 3.76. The molecule has 2 aromatic heterocycles. The third-order valence-electron chi connectivity index (χ3n) is 2.74. The molecule has 86 valence electrons. The molecule has 0 aliphatic carbocycles. The van der Waals surface area contributed by atoms with Crippen LogP contribution in [0, 0.1) is 0 Å². The van der Waals surface area contributed by atoms with E-state index >= 15 is 0 Å². The van der Waals surface area contributed by atoms with Gasteiger partial charge in [0.1, 0.15) is 0 Å². The smallest absolute Gasteiger partial charge is 0.0940 e. The zero-order valence-electron chi connectivity index (χ0n) is 9.18. The Kier molecular flexibility index (Phi) is 2.91. The van der Waals surface area contributed by atoms with Crippen LogP contribution in [0.15, 0.2) is 35.8 Å². The van der Waals surface area contributed by atoms with Gasteiger partial charge in [-0.15, -0.1) is 11.3 Å². The van der Waals surface area contributed by atoms with Crippen molar-refractivity contribution in [1.29, 1.82) is 0 Å². The van der Waals surface area contributed by atoms with Crippen LogP contribution in [0.1, 0.15) is 5.01 Å². The number of nitrogens with zero attached hydrogens (tertiary/aromatic N) is 1. The van der Waals surface area contributed by atoms with Crippen LogP contribution < -0.4 is 0 Å². The van der Waals surface area contributed by atoms with Gasteiger partial charge in [-0.3, -0.25) is 0 Å². The first-order chi connectivity index (χ1) is 8.38. The lowest BCUT2D eigenvalue weighted by Gasteiger charge is -1.93. The summed E-state index contributed by atoms with van der Waals surface area (Å²) in [5.74, 6) is 0.848. The van der Waals surface area contributed by atoms with E-state index in [4.69, 9.17) is 0 Å². The van der Waals surface area contributed by atoms with Crippen molar-refractivity contribution in [2.45, 2.75) is 6.42 Å². The van der Waals surface area contributed by atoms with Gasteiger partial charge >= 0.3 is 0 Å². The van der Waals surface area contributed by atoms with Crippen LogP contribution >= 0.6 is 24.0 Å². The second kappa shape index (κ2) is 4.55. The maximum atomic E-state index is 4.64. The maximum absolute atomic E-state index is 4.64. The number of hydrogen-bond acceptors (Lipinski definition) is 3. The third kappa shape index (κ3) is 1.98. The van der Waals surface area contributed by atoms with Gasteiger partial charge in [-0.1, -0.05) is 18.2 Å². The molecule has 0 atom stereocenters. The normalized spacial score (nSPS) is 11.1. The van der Waals surface area contributed by atoms with E-state index in [9.17, 15) is 0 Å². The van der Waals surface area contributed by atoms with Gasteiger partial charge in [-0.25, -0.2) is 4.98 Å². The molecular weight excluding hydrogens is 248 g/mol. The molecule has 2 nitrogen and oxygen atoms in total. The highest BCUT2D eigenvalue weighted by molar-refractivity contribution is 7.80. The summed E-state index contributed by atoms with van der Waals surface area (Å²) in [5.41, 5.74) is 3.40. The summed E-state index contributed by atoms with van der Waals surface area (Å²) in [6, 6.07) is 8.30. The zero-order chi connectivity index (χ0) is 11.7. The topological polar surface area (TPSA) is 28.7 Å². The fourth-order valence-corrected chi connectivity index (χ4v) is 3.09. The molecule has 2 heterocycles. The monoisotopic (exact) mass is 260 g/mol. The van der Waals surface area contributed by atoms with Gasteiger partial charge in [0.05, 0.1) is 10.7 Å². The molecule has 0 aliphatic heterocycles. The molecule has 3 rings (SSSR count). The van der Waals surface area contributed by atoms with Gasteiger partial charge < -0.3 is 4.98 Å². The molecule has 0 aliphatic rings. The highest BCUT2D eigenvalue weighted by Crippen LogP contribution is 2.29. The summed E-state index contributed by atoms with van der Waals surface area (Å²) < 4.78 is 0. The summed E-state index contributed by atoms with van der Waals surface area (Å²) in [6.07, 6.45) is 2.97. The van der Waals surface area contributed by atoms with E-state index in [1.807, 2.05) is 12.3 Å². The first-order valence-electron chi connectivity index (χ1n) is 5.50. The van der Waals surface area contributed by atoms with Crippen molar-refractivity contribution in [2.24, 2.45) is 0 Å². The van der Waals surface area contributed by atoms with Crippen LogP contribution in [-0.2, 0) is 6.42 Å². The van der Waals surface area contributed by atoms with Gasteiger partial charge in [0.25, 0.3) is 0 Å². The van der Waals surface area contributed by atoms with Crippen molar-refractivity contribution in [2.75, 3.05) is 5.75 Å². The molecule has 0 fully saturated rings. The first-order valence-corrected chi connectivity index (χ1v) is 7.01. The lowest BCUT2D eigenvalue weighted by Crippen LogP contribution is -1.84. The van der Waals surface area contributed by atoms with Crippen LogP contribution in [0.5, 0.6) is 0 Å². The Labute approximate surface area is 109 Å². The molecule has 3 aromatic rings. The minimum atomic E-state index is 0.848. The van der Waals surface area contributed by atoms with Crippen molar-refractivity contribution in [3.8, 4) is 11.3 Å². The predicted molar refractivity (Wildman–Crippen MR) is 77.0 cm³/mol. The number of aromatic amines is 1. The third-order valence-corrected chi connectivity index (χ3v) is 3.87. The van der Waals surface area contributed by atoms with Crippen molar-refractivity contribution < 1.29 is 0 Å². The number of para-hydroxylation sites is 1. The summed E-state index contributed by atoms with van der Waals surface area (Å²) in [4.78, 5) is 7.92. The van der Waals surface area contributed by atoms with E-state index < -0.39 is 0 Å². The van der Waals surface area contributed by atoms with E-state index in [0.29, 0.717) is 0 Å². The summed E-state index contributed by atoms with van der Waals surface area (Å²) in [5, 5.41) is 4.50. The van der Waals surface area contributed by atoms with E-state index in [1.165, 1.54) is 10.9 Å². The Morgan fingerprint density at radius 1 is 1.29 bits per heavy atom. The van der Waals surface area contributed by atoms with Crippen molar-refractivity contribution >= 4 is 34.9 Å². The zero-order valence-corrected chi connectivity index (χ0v) is 10.9. The van der Waals surface area contributed by atoms with E-state index in [1.54, 1.807) is 11.3 Å². The van der Waals surface area contributed by atoms with E-state index in [2.05, 4.69) is 46.2 Å². The number of rotatable bonds is 3. The number of aryl methyl sites for hydroxylation is 1. The minimum absolute atomic E-state index is 0.848. The molecule has 0 saturated carbocycles. The highest BCUT2D eigenvalue weighted by Gasteiger charge is 2.08. The molecule has 17 heavy (non-hydrogen) atoms. The summed E-state index contributed by atoms with van der Waals surface area (Å²) in [7, 11) is 0. The number of hydrogen-bond donors (Lipinski definition) is 2. The molecule has 0 radical (unpaired) electrons. The lowest BCUT2D eigenvalue weighted by atomic mass is 10.1. The van der Waals surface area contributed by atoms with Gasteiger partial charge in [-0.05, 0) is 11.8 Å². The lowest BCUT2D eigenvalue weighted by molar-refractivity contribution is 1.11. The molecule has 0 unspecified atom stereocenters. The Bertz CT molecular complexity index is 639. The van der Waals surface area contributed by atoms with Crippen molar-refractivity contribution in [3.05, 3.63) is 40.8 Å². The van der Waals surface area contributed by atoms with Crippen LogP contribution in [0.3, 0.4) is 0 Å². The number of nitrogens with one attached hydrogen (secondary N) is 1. The average molecular weight is 260 g/mol. The Morgan fingerprint density at radius 2 is 2.18 bits per heavy atom. The van der Waals surface area contributed by atoms with E-state index in [-0.39, 0.29) is 0 Å². The molecule has 4 heteroatoms. The fourth-order valence-electron chi connectivity index (χ4n) is 1.93. The van der Waals surface area contributed by atoms with Crippen molar-refractivity contribution in [1.82, 2.24) is 9.97 Å². The van der Waals surface area contributed by atoms with Gasteiger partial charge in [0, 0.05) is 34.5 Å². The number of thiazole rings is 1. The molecule has 1 aromatic carbocycles. The number of H-pyrrole nitrogens is 1. The molecule has 1 N–H and O–H groups in total. The second-order valence-corrected chi connectivity index (χ2v) is 5.24. The number of benzene rings is 1. The molecule has 0 spiro atoms. The average Bonchev–Trinajstić information content (AvgIpc) is 2.95. The Balaban J connectivity index is 2.07. The van der Waals surface area contributed by atoms with Crippen LogP contribution in [0.2, 0.25) is 0 Å². The fraction of sp³-hybridized carbons (Fsp3) is 0.154. The van der Waals surface area contributed by atoms with Crippen LogP contribution in [0.4, 0.5) is 0 Å².